The maximum atomic E-state index is 4.76. The van der Waals surface area contributed by atoms with E-state index in [0.29, 0.717) is 0 Å². The summed E-state index contributed by atoms with van der Waals surface area (Å²) >= 11 is 3.70. The molecule has 0 N–H and O–H groups in total. The molecule has 4 nitrogen and oxygen atoms in total. The minimum Gasteiger partial charge on any atom is -0.308 e. The van der Waals surface area contributed by atoms with Crippen molar-refractivity contribution >= 4 is 114 Å². The number of nitrogens with zero attached hydrogens (tertiary/aromatic N) is 4. The van der Waals surface area contributed by atoms with Crippen LogP contribution in [-0.4, -0.2) is 20.8 Å². The Morgan fingerprint density at radius 1 is 0.547 bits per heavy atom. The normalized spacial score (nSPS) is 12.2. The van der Waals surface area contributed by atoms with E-state index in [9.17, 15) is 0 Å². The molecule has 0 fully saturated rings. The van der Waals surface area contributed by atoms with Crippen LogP contribution in [0.2, 0.25) is 0 Å². The molecule has 0 saturated heterocycles. The molecule has 5 heterocycles. The number of para-hydroxylation sites is 2. The Hall–Kier alpha value is -6.34. The maximum Gasteiger partial charge on any atom is 0.0963 e. The first-order valence-electron chi connectivity index (χ1n) is 17.7. The largest absolute Gasteiger partial charge is 0.308 e. The number of rotatable bonds is 5. The molecule has 0 bridgehead atoms. The highest BCUT2D eigenvalue weighted by Gasteiger charge is 2.18. The van der Waals surface area contributed by atoms with Crippen LogP contribution in [-0.2, 0) is 0 Å². The summed E-state index contributed by atoms with van der Waals surface area (Å²) in [6, 6.07) is 48.8. The van der Waals surface area contributed by atoms with Gasteiger partial charge in [-0.15, -0.1) is 22.7 Å². The van der Waals surface area contributed by atoms with Crippen LogP contribution in [0.25, 0.3) is 102 Å². The fraction of sp³-hybridized carbons (Fsp3) is 0.0213. The lowest BCUT2D eigenvalue weighted by Gasteiger charge is -2.10. The van der Waals surface area contributed by atoms with Crippen molar-refractivity contribution < 1.29 is 0 Å². The smallest absolute Gasteiger partial charge is 0.0963 e. The van der Waals surface area contributed by atoms with Gasteiger partial charge in [0.2, 0.25) is 0 Å². The number of allylic oxidation sites excluding steroid dienone is 1. The van der Waals surface area contributed by atoms with Crippen LogP contribution in [0.1, 0.15) is 12.6 Å². The average molecular weight is 715 g/mol. The molecule has 0 amide bonds. The Morgan fingerprint density at radius 3 is 1.70 bits per heavy atom. The molecule has 11 aromatic rings. The zero-order valence-corrected chi connectivity index (χ0v) is 30.4. The van der Waals surface area contributed by atoms with Crippen LogP contribution in [0.5, 0.6) is 0 Å². The predicted molar refractivity (Wildman–Crippen MR) is 231 cm³/mol. The van der Waals surface area contributed by atoms with Crippen LogP contribution in [0.3, 0.4) is 0 Å². The van der Waals surface area contributed by atoms with E-state index in [4.69, 9.17) is 4.98 Å². The molecule has 0 aliphatic rings. The van der Waals surface area contributed by atoms with Crippen LogP contribution >= 0.6 is 22.7 Å². The van der Waals surface area contributed by atoms with Crippen molar-refractivity contribution in [2.45, 2.75) is 6.92 Å². The highest BCUT2D eigenvalue weighted by atomic mass is 32.1. The summed E-state index contributed by atoms with van der Waals surface area (Å²) in [6.07, 6.45) is 6.08. The second kappa shape index (κ2) is 11.6. The van der Waals surface area contributed by atoms with Crippen molar-refractivity contribution in [1.82, 2.24) is 14.1 Å². The van der Waals surface area contributed by atoms with Gasteiger partial charge in [-0.2, -0.15) is 0 Å². The molecule has 6 heteroatoms. The molecule has 0 unspecified atom stereocenters. The zero-order valence-electron chi connectivity index (χ0n) is 28.7. The first-order valence-corrected chi connectivity index (χ1v) is 19.3. The second-order valence-electron chi connectivity index (χ2n) is 13.5. The Balaban J connectivity index is 1.06. The number of aromatic nitrogens is 3. The van der Waals surface area contributed by atoms with Crippen molar-refractivity contribution in [3.05, 3.63) is 151 Å². The fourth-order valence-electron chi connectivity index (χ4n) is 8.23. The van der Waals surface area contributed by atoms with E-state index < -0.39 is 0 Å². The van der Waals surface area contributed by atoms with Crippen molar-refractivity contribution in [2.24, 2.45) is 4.99 Å². The molecule has 0 atom stereocenters. The first kappa shape index (κ1) is 30.3. The third kappa shape index (κ3) is 4.46. The van der Waals surface area contributed by atoms with Gasteiger partial charge in [-0.25, -0.2) is 0 Å². The number of aliphatic imine (C=N–C) groups is 1. The number of hydrogen-bond donors (Lipinski definition) is 0. The van der Waals surface area contributed by atoms with Gasteiger partial charge >= 0.3 is 0 Å². The summed E-state index contributed by atoms with van der Waals surface area (Å²) in [5.41, 5.74) is 11.1. The molecule has 0 aliphatic carbocycles. The quantitative estimate of drug-likeness (QED) is 0.163. The van der Waals surface area contributed by atoms with E-state index in [1.807, 2.05) is 41.9 Å². The second-order valence-corrected chi connectivity index (χ2v) is 15.6. The Kier molecular flexibility index (Phi) is 6.62. The van der Waals surface area contributed by atoms with Gasteiger partial charge in [-0.3, -0.25) is 9.98 Å². The molecular formula is C47H30N4S2. The van der Waals surface area contributed by atoms with E-state index in [0.717, 1.165) is 44.7 Å². The minimum atomic E-state index is 0.909. The molecule has 6 aromatic carbocycles. The molecule has 5 aromatic heterocycles. The van der Waals surface area contributed by atoms with Gasteiger partial charge in [0.15, 0.2) is 0 Å². The number of fused-ring (bicyclic) bond motifs is 10. The third-order valence-electron chi connectivity index (χ3n) is 10.5. The highest BCUT2D eigenvalue weighted by Crippen LogP contribution is 2.43. The molecule has 250 valence electrons. The molecule has 11 rings (SSSR count). The van der Waals surface area contributed by atoms with Crippen LogP contribution < -0.4 is 0 Å². The summed E-state index contributed by atoms with van der Waals surface area (Å²) in [5.74, 6) is 0. The maximum absolute atomic E-state index is 4.76. The van der Waals surface area contributed by atoms with Crippen LogP contribution in [0, 0.1) is 0 Å². The van der Waals surface area contributed by atoms with Crippen molar-refractivity contribution in [2.75, 3.05) is 0 Å². The third-order valence-corrected chi connectivity index (χ3v) is 12.9. The number of pyridine rings is 1. The van der Waals surface area contributed by atoms with Gasteiger partial charge in [-0.1, -0.05) is 54.6 Å². The monoisotopic (exact) mass is 714 g/mol. The van der Waals surface area contributed by atoms with Gasteiger partial charge in [-0.05, 0) is 116 Å². The predicted octanol–water partition coefficient (Wildman–Crippen LogP) is 13.9. The Labute approximate surface area is 312 Å². The first-order chi connectivity index (χ1) is 26.2. The van der Waals surface area contributed by atoms with Gasteiger partial charge in [0.05, 0.1) is 33.4 Å². The van der Waals surface area contributed by atoms with Crippen LogP contribution in [0.4, 0.5) is 5.69 Å². The van der Waals surface area contributed by atoms with Crippen molar-refractivity contribution in [3.8, 4) is 22.5 Å². The van der Waals surface area contributed by atoms with E-state index in [-0.39, 0.29) is 0 Å². The van der Waals surface area contributed by atoms with Crippen LogP contribution in [0.15, 0.2) is 151 Å². The number of benzene rings is 6. The zero-order chi connectivity index (χ0) is 35.2. The summed E-state index contributed by atoms with van der Waals surface area (Å²) in [5, 5.41) is 7.35. The summed E-state index contributed by atoms with van der Waals surface area (Å²) in [4.78, 5) is 9.23. The lowest BCUT2D eigenvalue weighted by atomic mass is 10.0. The molecule has 0 aliphatic heterocycles. The lowest BCUT2D eigenvalue weighted by Crippen LogP contribution is -1.96. The van der Waals surface area contributed by atoms with Crippen molar-refractivity contribution in [3.63, 3.8) is 0 Å². The minimum absolute atomic E-state index is 0.909. The topological polar surface area (TPSA) is 35.1 Å². The summed E-state index contributed by atoms with van der Waals surface area (Å²) in [7, 11) is 0. The molecule has 0 spiro atoms. The Morgan fingerprint density at radius 2 is 1.08 bits per heavy atom. The van der Waals surface area contributed by atoms with Gasteiger partial charge < -0.3 is 9.13 Å². The highest BCUT2D eigenvalue weighted by molar-refractivity contribution is 7.26. The standard InChI is InChI=1S/C47H30N4S2/c1-3-9-40-46(48-2)32-10-4-6-12-38(32)50(40)30-17-21-44-36(26-30)34-24-28(15-19-42(34)52-44)29-16-20-43-35(25-29)37-27-31(18-22-45(37)53-43)51-39-13-7-5-11-33(39)47-41(51)14-8-23-49-47/h3-27H,2H2,1H3/b9-3-. The van der Waals surface area contributed by atoms with Gasteiger partial charge in [0, 0.05) is 68.7 Å². The number of hydrogen-bond acceptors (Lipinski definition) is 4. The lowest BCUT2D eigenvalue weighted by molar-refractivity contribution is 1.11. The Bertz CT molecular complexity index is 3280. The van der Waals surface area contributed by atoms with E-state index >= 15 is 0 Å². The summed E-state index contributed by atoms with van der Waals surface area (Å²) in [6.45, 7) is 5.97. The fourth-order valence-corrected chi connectivity index (χ4v) is 10.4. The SMILES string of the molecule is C=Nc1c(/C=C\C)n(-c2ccc3sc4ccc(-c5ccc6sc7ccc(-n8c9ccccc9c9ncccc98)cc7c6c5)cc4c3c2)c2ccccc12. The molecule has 0 radical (unpaired) electrons. The van der Waals surface area contributed by atoms with E-state index in [2.05, 4.69) is 160 Å². The van der Waals surface area contributed by atoms with Gasteiger partial charge in [0.25, 0.3) is 0 Å². The summed E-state index contributed by atoms with van der Waals surface area (Å²) < 4.78 is 9.80. The van der Waals surface area contributed by atoms with Gasteiger partial charge in [0.1, 0.15) is 0 Å². The number of thiophene rings is 2. The average Bonchev–Trinajstić information content (AvgIpc) is 3.94. The van der Waals surface area contributed by atoms with E-state index in [1.54, 1.807) is 0 Å². The van der Waals surface area contributed by atoms with Crippen molar-refractivity contribution in [1.29, 1.82) is 0 Å². The molecule has 0 saturated carbocycles. The molecular weight excluding hydrogens is 685 g/mol. The molecule has 53 heavy (non-hydrogen) atoms. The van der Waals surface area contributed by atoms with E-state index in [1.165, 1.54) is 62.4 Å².